The van der Waals surface area contributed by atoms with Crippen molar-refractivity contribution >= 4 is 0 Å². The first-order valence-corrected chi connectivity index (χ1v) is 3.20. The molecular weight excluding hydrogens is 130 g/mol. The van der Waals surface area contributed by atoms with Crippen LogP contribution in [0.1, 0.15) is 11.6 Å². The first-order valence-electron chi connectivity index (χ1n) is 3.20. The fourth-order valence-electron chi connectivity index (χ4n) is 0.705. The zero-order valence-electron chi connectivity index (χ0n) is 6.22. The number of nitrogens with zero attached hydrogens (tertiary/aromatic N) is 2. The summed E-state index contributed by atoms with van der Waals surface area (Å²) in [7, 11) is 1.67. The van der Waals surface area contributed by atoms with Crippen molar-refractivity contribution in [2.45, 2.75) is 13.3 Å². The third-order valence-electron chi connectivity index (χ3n) is 1.19. The van der Waals surface area contributed by atoms with Crippen LogP contribution in [0.4, 0.5) is 0 Å². The number of hydrogen-bond donors (Lipinski definition) is 1. The highest BCUT2D eigenvalue weighted by atomic mass is 16.5. The average Bonchev–Trinajstić information content (AvgIpc) is 2.31. The molecule has 10 heavy (non-hydrogen) atoms. The molecule has 1 rings (SSSR count). The summed E-state index contributed by atoms with van der Waals surface area (Å²) in [6.45, 7) is 2.57. The first kappa shape index (κ1) is 7.21. The Morgan fingerprint density at radius 3 is 2.80 bits per heavy atom. The molecule has 4 heteroatoms. The summed E-state index contributed by atoms with van der Waals surface area (Å²) >= 11 is 0. The minimum atomic E-state index is 0.689. The molecule has 1 aromatic heterocycles. The predicted octanol–water partition coefficient (Wildman–Crippen LogP) is 0.302. The number of aryl methyl sites for hydroxylation is 1. The molecule has 0 atom stereocenters. The summed E-state index contributed by atoms with van der Waals surface area (Å²) in [4.78, 5) is 3.01. The van der Waals surface area contributed by atoms with E-state index in [9.17, 15) is 0 Å². The molecule has 0 saturated heterocycles. The van der Waals surface area contributed by atoms with Gasteiger partial charge in [-0.05, 0) is 6.92 Å². The maximum Gasteiger partial charge on any atom is 0.132 e. The molecule has 1 N–H and O–H groups in total. The number of methoxy groups -OCH3 is 1. The Bertz CT molecular complexity index is 197. The molecule has 0 fully saturated rings. The van der Waals surface area contributed by atoms with Gasteiger partial charge in [-0.2, -0.15) is 0 Å². The van der Waals surface area contributed by atoms with Crippen molar-refractivity contribution in [1.29, 1.82) is 0 Å². The lowest BCUT2D eigenvalue weighted by Crippen LogP contribution is -1.96. The van der Waals surface area contributed by atoms with Crippen molar-refractivity contribution in [3.63, 3.8) is 0 Å². The highest BCUT2D eigenvalue weighted by Gasteiger charge is 1.96. The van der Waals surface area contributed by atoms with Gasteiger partial charge in [-0.3, -0.25) is 0 Å². The van der Waals surface area contributed by atoms with E-state index in [-0.39, 0.29) is 0 Å². The van der Waals surface area contributed by atoms with Gasteiger partial charge in [0.2, 0.25) is 0 Å². The molecule has 0 spiro atoms. The van der Waals surface area contributed by atoms with Crippen molar-refractivity contribution < 1.29 is 4.74 Å². The molecule has 1 heterocycles. The average molecular weight is 141 g/mol. The van der Waals surface area contributed by atoms with E-state index in [0.717, 1.165) is 18.1 Å². The van der Waals surface area contributed by atoms with E-state index < -0.39 is 0 Å². The van der Waals surface area contributed by atoms with Gasteiger partial charge in [0, 0.05) is 13.5 Å². The van der Waals surface area contributed by atoms with Crippen molar-refractivity contribution in [2.24, 2.45) is 0 Å². The lowest BCUT2D eigenvalue weighted by Gasteiger charge is -1.91. The Hall–Kier alpha value is -0.900. The maximum absolute atomic E-state index is 4.87. The summed E-state index contributed by atoms with van der Waals surface area (Å²) in [6.07, 6.45) is 0.803. The molecular formula is C6H11N3O. The number of nitrogens with one attached hydrogen (secondary N) is 1. The monoisotopic (exact) mass is 141 g/mol. The Morgan fingerprint density at radius 2 is 2.30 bits per heavy atom. The molecule has 56 valence electrons. The second-order valence-corrected chi connectivity index (χ2v) is 2.10. The van der Waals surface area contributed by atoms with Gasteiger partial charge in [0.25, 0.3) is 0 Å². The van der Waals surface area contributed by atoms with Crippen LogP contribution in [0.5, 0.6) is 0 Å². The van der Waals surface area contributed by atoms with E-state index in [2.05, 4.69) is 15.2 Å². The lowest BCUT2D eigenvalue weighted by molar-refractivity contribution is 0.200. The van der Waals surface area contributed by atoms with E-state index in [0.29, 0.717) is 6.61 Å². The topological polar surface area (TPSA) is 50.8 Å². The smallest absolute Gasteiger partial charge is 0.132 e. The lowest BCUT2D eigenvalue weighted by atomic mass is 10.4. The van der Waals surface area contributed by atoms with Crippen molar-refractivity contribution in [3.8, 4) is 0 Å². The number of H-pyrrole nitrogens is 1. The molecule has 0 aromatic carbocycles. The number of aromatic amines is 1. The van der Waals surface area contributed by atoms with Crippen LogP contribution < -0.4 is 0 Å². The molecule has 0 radical (unpaired) electrons. The largest absolute Gasteiger partial charge is 0.384 e. The van der Waals surface area contributed by atoms with E-state index in [1.165, 1.54) is 0 Å². The molecule has 0 amide bonds. The second kappa shape index (κ2) is 3.31. The van der Waals surface area contributed by atoms with Gasteiger partial charge in [-0.1, -0.05) is 0 Å². The predicted molar refractivity (Wildman–Crippen MR) is 36.7 cm³/mol. The Morgan fingerprint density at radius 1 is 1.50 bits per heavy atom. The number of rotatable bonds is 3. The van der Waals surface area contributed by atoms with Gasteiger partial charge in [0.1, 0.15) is 11.6 Å². The fourth-order valence-corrected chi connectivity index (χ4v) is 0.705. The van der Waals surface area contributed by atoms with Crippen molar-refractivity contribution in [2.75, 3.05) is 13.7 Å². The molecule has 4 nitrogen and oxygen atoms in total. The molecule has 0 saturated carbocycles. The zero-order valence-corrected chi connectivity index (χ0v) is 6.22. The zero-order chi connectivity index (χ0) is 7.40. The summed E-state index contributed by atoms with van der Waals surface area (Å²) in [5.41, 5.74) is 0. The summed E-state index contributed by atoms with van der Waals surface area (Å²) in [6, 6.07) is 0. The van der Waals surface area contributed by atoms with Crippen LogP contribution in [0.15, 0.2) is 0 Å². The highest BCUT2D eigenvalue weighted by molar-refractivity contribution is 4.87. The standard InChI is InChI=1S/C6H11N3O/c1-5-7-6(9-8-5)3-4-10-2/h3-4H2,1-2H3,(H,7,8,9). The van der Waals surface area contributed by atoms with Gasteiger partial charge in [-0.25, -0.2) is 0 Å². The molecule has 0 unspecified atom stereocenters. The minimum Gasteiger partial charge on any atom is -0.384 e. The third kappa shape index (κ3) is 1.80. The second-order valence-electron chi connectivity index (χ2n) is 2.10. The molecule has 0 aliphatic heterocycles. The Kier molecular flexibility index (Phi) is 2.39. The van der Waals surface area contributed by atoms with Crippen molar-refractivity contribution in [3.05, 3.63) is 11.6 Å². The number of ether oxygens (including phenoxy) is 1. The van der Waals surface area contributed by atoms with E-state index in [1.54, 1.807) is 7.11 Å². The van der Waals surface area contributed by atoms with Crippen LogP contribution in [0.25, 0.3) is 0 Å². The van der Waals surface area contributed by atoms with Gasteiger partial charge in [0.05, 0.1) is 6.61 Å². The van der Waals surface area contributed by atoms with Gasteiger partial charge >= 0.3 is 0 Å². The van der Waals surface area contributed by atoms with Crippen LogP contribution in [0.2, 0.25) is 0 Å². The van der Waals surface area contributed by atoms with Crippen LogP contribution >= 0.6 is 0 Å². The molecule has 0 bridgehead atoms. The van der Waals surface area contributed by atoms with E-state index in [1.807, 2.05) is 6.92 Å². The Balaban J connectivity index is 2.42. The number of aromatic nitrogens is 3. The highest BCUT2D eigenvalue weighted by Crippen LogP contribution is 1.91. The van der Waals surface area contributed by atoms with Gasteiger partial charge in [-0.15, -0.1) is 10.2 Å². The normalized spacial score (nSPS) is 10.2. The molecule has 0 aliphatic rings. The first-order chi connectivity index (χ1) is 4.83. The molecule has 0 aliphatic carbocycles. The van der Waals surface area contributed by atoms with E-state index in [4.69, 9.17) is 4.74 Å². The van der Waals surface area contributed by atoms with Crippen LogP contribution in [-0.4, -0.2) is 28.9 Å². The maximum atomic E-state index is 4.87. The Labute approximate surface area is 59.6 Å². The quantitative estimate of drug-likeness (QED) is 0.658. The third-order valence-corrected chi connectivity index (χ3v) is 1.19. The minimum absolute atomic E-state index is 0.689. The van der Waals surface area contributed by atoms with Crippen molar-refractivity contribution in [1.82, 2.24) is 15.2 Å². The van der Waals surface area contributed by atoms with Crippen LogP contribution in [0.3, 0.4) is 0 Å². The van der Waals surface area contributed by atoms with Gasteiger partial charge < -0.3 is 9.72 Å². The van der Waals surface area contributed by atoms with E-state index >= 15 is 0 Å². The van der Waals surface area contributed by atoms with Crippen LogP contribution in [-0.2, 0) is 11.2 Å². The van der Waals surface area contributed by atoms with Crippen LogP contribution in [0, 0.1) is 6.92 Å². The number of hydrogen-bond acceptors (Lipinski definition) is 3. The summed E-state index contributed by atoms with van der Waals surface area (Å²) in [5, 5.41) is 7.68. The summed E-state index contributed by atoms with van der Waals surface area (Å²) in [5.74, 6) is 1.74. The molecule has 1 aromatic rings. The van der Waals surface area contributed by atoms with Gasteiger partial charge in [0.15, 0.2) is 0 Å². The SMILES string of the molecule is COCCc1nnc(C)[nH]1. The summed E-state index contributed by atoms with van der Waals surface area (Å²) < 4.78 is 4.87. The fraction of sp³-hybridized carbons (Fsp3) is 0.667.